The van der Waals surface area contributed by atoms with Gasteiger partial charge in [0.2, 0.25) is 5.89 Å². The molecule has 0 unspecified atom stereocenters. The van der Waals surface area contributed by atoms with E-state index >= 15 is 0 Å². The highest BCUT2D eigenvalue weighted by Crippen LogP contribution is 2.44. The molecular weight excluding hydrogens is 585 g/mol. The fourth-order valence-corrected chi connectivity index (χ4v) is 7.26. The number of nitrogens with zero attached hydrogens (tertiary/aromatic N) is 4. The van der Waals surface area contributed by atoms with Crippen LogP contribution in [0.4, 0.5) is 0 Å². The molecule has 0 aliphatic heterocycles. The van der Waals surface area contributed by atoms with Gasteiger partial charge >= 0.3 is 0 Å². The van der Waals surface area contributed by atoms with Crippen molar-refractivity contribution >= 4 is 42.6 Å². The standard InChI is InChI=1S/C40H24N4OS/c1-4-12-25(13-5-1)28-22-23-33-34(24-28)45-40(41-33)32-21-11-19-30-29-18-10-20-31(35(29)46-36(30)32)39-43-37(26-14-6-2-7-15-26)42-38(44-39)27-16-8-3-9-17-27/h1-24H. The minimum absolute atomic E-state index is 0.608. The lowest BCUT2D eigenvalue weighted by molar-refractivity contribution is 0.621. The minimum Gasteiger partial charge on any atom is -0.436 e. The zero-order chi connectivity index (χ0) is 30.5. The molecule has 0 spiro atoms. The van der Waals surface area contributed by atoms with Gasteiger partial charge in [-0.05, 0) is 35.4 Å². The van der Waals surface area contributed by atoms with Gasteiger partial charge in [0.15, 0.2) is 23.1 Å². The van der Waals surface area contributed by atoms with Gasteiger partial charge in [-0.15, -0.1) is 11.3 Å². The lowest BCUT2D eigenvalue weighted by Gasteiger charge is -2.09. The maximum Gasteiger partial charge on any atom is 0.228 e. The van der Waals surface area contributed by atoms with Gasteiger partial charge in [-0.2, -0.15) is 0 Å². The molecule has 0 fully saturated rings. The van der Waals surface area contributed by atoms with Crippen LogP contribution in [0, 0.1) is 0 Å². The number of aromatic nitrogens is 4. The van der Waals surface area contributed by atoms with Crippen LogP contribution in [0.2, 0.25) is 0 Å². The Balaban J connectivity index is 1.21. The molecule has 46 heavy (non-hydrogen) atoms. The van der Waals surface area contributed by atoms with Crippen LogP contribution in [0.25, 0.3) is 88.0 Å². The van der Waals surface area contributed by atoms with Crippen LogP contribution >= 0.6 is 11.3 Å². The maximum absolute atomic E-state index is 6.43. The second-order valence-electron chi connectivity index (χ2n) is 11.1. The molecule has 0 N–H and O–H groups in total. The molecular formula is C40H24N4OS. The number of oxazole rings is 1. The van der Waals surface area contributed by atoms with Gasteiger partial charge in [-0.1, -0.05) is 121 Å². The summed E-state index contributed by atoms with van der Waals surface area (Å²) >= 11 is 1.72. The summed E-state index contributed by atoms with van der Waals surface area (Å²) in [6.45, 7) is 0. The highest BCUT2D eigenvalue weighted by Gasteiger charge is 2.19. The van der Waals surface area contributed by atoms with Gasteiger partial charge < -0.3 is 4.42 Å². The quantitative estimate of drug-likeness (QED) is 0.194. The van der Waals surface area contributed by atoms with Crippen molar-refractivity contribution in [2.24, 2.45) is 0 Å². The van der Waals surface area contributed by atoms with Crippen molar-refractivity contribution in [1.82, 2.24) is 19.9 Å². The van der Waals surface area contributed by atoms with Crippen molar-refractivity contribution < 1.29 is 4.42 Å². The van der Waals surface area contributed by atoms with E-state index < -0.39 is 0 Å². The third-order valence-electron chi connectivity index (χ3n) is 8.19. The molecule has 0 amide bonds. The largest absolute Gasteiger partial charge is 0.436 e. The number of thiophene rings is 1. The number of benzene rings is 6. The molecule has 0 aliphatic rings. The topological polar surface area (TPSA) is 64.7 Å². The third-order valence-corrected chi connectivity index (χ3v) is 9.48. The van der Waals surface area contributed by atoms with E-state index in [-0.39, 0.29) is 0 Å². The Morgan fingerprint density at radius 3 is 1.59 bits per heavy atom. The van der Waals surface area contributed by atoms with Crippen molar-refractivity contribution in [2.45, 2.75) is 0 Å². The van der Waals surface area contributed by atoms with Gasteiger partial charge in [-0.25, -0.2) is 19.9 Å². The normalized spacial score (nSPS) is 11.5. The van der Waals surface area contributed by atoms with E-state index in [4.69, 9.17) is 24.4 Å². The van der Waals surface area contributed by atoms with Gasteiger partial charge in [0, 0.05) is 36.9 Å². The molecule has 3 aromatic heterocycles. The number of rotatable bonds is 5. The van der Waals surface area contributed by atoms with Crippen molar-refractivity contribution in [2.75, 3.05) is 0 Å². The van der Waals surface area contributed by atoms with Crippen LogP contribution in [0.1, 0.15) is 0 Å². The summed E-state index contributed by atoms with van der Waals surface area (Å²) in [7, 11) is 0. The molecule has 9 aromatic rings. The fraction of sp³-hybridized carbons (Fsp3) is 0. The second kappa shape index (κ2) is 10.9. The summed E-state index contributed by atoms with van der Waals surface area (Å²) in [5.41, 5.74) is 7.66. The molecule has 6 heteroatoms. The zero-order valence-electron chi connectivity index (χ0n) is 24.5. The number of hydrogen-bond donors (Lipinski definition) is 0. The molecule has 9 rings (SSSR count). The maximum atomic E-state index is 6.43. The van der Waals surface area contributed by atoms with E-state index in [2.05, 4.69) is 60.7 Å². The first-order valence-corrected chi connectivity index (χ1v) is 15.9. The number of fused-ring (bicyclic) bond motifs is 4. The van der Waals surface area contributed by atoms with Crippen LogP contribution in [-0.2, 0) is 0 Å². The van der Waals surface area contributed by atoms with Gasteiger partial charge in [0.1, 0.15) is 5.52 Å². The average Bonchev–Trinajstić information content (AvgIpc) is 3.74. The zero-order valence-corrected chi connectivity index (χ0v) is 25.3. The molecule has 6 aromatic carbocycles. The second-order valence-corrected chi connectivity index (χ2v) is 12.1. The third kappa shape index (κ3) is 4.55. The smallest absolute Gasteiger partial charge is 0.228 e. The summed E-state index contributed by atoms with van der Waals surface area (Å²) in [6, 6.07) is 49.3. The first-order chi connectivity index (χ1) is 22.8. The van der Waals surface area contributed by atoms with Crippen molar-refractivity contribution in [3.63, 3.8) is 0 Å². The van der Waals surface area contributed by atoms with E-state index in [1.165, 1.54) is 0 Å². The SMILES string of the molecule is c1ccc(-c2ccc3nc(-c4cccc5c4sc4c(-c6nc(-c7ccccc7)nc(-c7ccccc7)n6)cccc45)oc3c2)cc1. The minimum atomic E-state index is 0.608. The Morgan fingerprint density at radius 1 is 0.413 bits per heavy atom. The Labute approximate surface area is 268 Å². The molecule has 0 saturated heterocycles. The van der Waals surface area contributed by atoms with Crippen LogP contribution in [0.15, 0.2) is 150 Å². The monoisotopic (exact) mass is 608 g/mol. The lowest BCUT2D eigenvalue weighted by atomic mass is 10.1. The summed E-state index contributed by atoms with van der Waals surface area (Å²) in [6.07, 6.45) is 0. The highest BCUT2D eigenvalue weighted by molar-refractivity contribution is 7.26. The molecule has 0 aliphatic carbocycles. The molecule has 0 atom stereocenters. The Kier molecular flexibility index (Phi) is 6.25. The first kappa shape index (κ1) is 26.4. The Morgan fingerprint density at radius 2 is 0.957 bits per heavy atom. The van der Waals surface area contributed by atoms with E-state index in [9.17, 15) is 0 Å². The summed E-state index contributed by atoms with van der Waals surface area (Å²) in [4.78, 5) is 19.8. The van der Waals surface area contributed by atoms with Gasteiger partial charge in [0.25, 0.3) is 0 Å². The Hall–Kier alpha value is -5.98. The predicted molar refractivity (Wildman–Crippen MR) is 187 cm³/mol. The van der Waals surface area contributed by atoms with Crippen LogP contribution < -0.4 is 0 Å². The van der Waals surface area contributed by atoms with Crippen LogP contribution in [0.5, 0.6) is 0 Å². The molecule has 0 saturated carbocycles. The fourth-order valence-electron chi connectivity index (χ4n) is 5.94. The van der Waals surface area contributed by atoms with Crippen LogP contribution in [0.3, 0.4) is 0 Å². The van der Waals surface area contributed by atoms with E-state index in [0.717, 1.165) is 64.7 Å². The number of hydrogen-bond acceptors (Lipinski definition) is 6. The van der Waals surface area contributed by atoms with Crippen molar-refractivity contribution in [1.29, 1.82) is 0 Å². The molecule has 0 bridgehead atoms. The summed E-state index contributed by atoms with van der Waals surface area (Å²) < 4.78 is 8.65. The van der Waals surface area contributed by atoms with Gasteiger partial charge in [0.05, 0.1) is 5.56 Å². The molecule has 0 radical (unpaired) electrons. The molecule has 3 heterocycles. The van der Waals surface area contributed by atoms with E-state index in [0.29, 0.717) is 23.4 Å². The molecule has 5 nitrogen and oxygen atoms in total. The van der Waals surface area contributed by atoms with E-state index in [1.807, 2.05) is 84.9 Å². The van der Waals surface area contributed by atoms with Crippen molar-refractivity contribution in [3.8, 4) is 56.7 Å². The highest BCUT2D eigenvalue weighted by atomic mass is 32.1. The summed E-state index contributed by atoms with van der Waals surface area (Å²) in [5.74, 6) is 2.53. The average molecular weight is 609 g/mol. The van der Waals surface area contributed by atoms with E-state index in [1.54, 1.807) is 11.3 Å². The first-order valence-electron chi connectivity index (χ1n) is 15.1. The lowest BCUT2D eigenvalue weighted by Crippen LogP contribution is -2.00. The van der Waals surface area contributed by atoms with Crippen molar-refractivity contribution in [3.05, 3.63) is 146 Å². The van der Waals surface area contributed by atoms with Crippen LogP contribution in [-0.4, -0.2) is 19.9 Å². The van der Waals surface area contributed by atoms with Gasteiger partial charge in [-0.3, -0.25) is 0 Å². The summed E-state index contributed by atoms with van der Waals surface area (Å²) in [5, 5.41) is 2.29. The predicted octanol–water partition coefficient (Wildman–Crippen LogP) is 10.7. The molecule has 216 valence electrons. The Bertz CT molecular complexity index is 2470.